The summed E-state index contributed by atoms with van der Waals surface area (Å²) in [5.41, 5.74) is 7.57. The fraction of sp³-hybridized carbons (Fsp3) is 0.550. The number of carbonyl (C=O) groups is 2. The number of aromatic nitrogens is 2. The minimum atomic E-state index is -0.254. The van der Waals surface area contributed by atoms with Gasteiger partial charge in [-0.1, -0.05) is 12.1 Å². The number of hydrogen-bond acceptors (Lipinski definition) is 3. The van der Waals surface area contributed by atoms with Crippen LogP contribution in [0.1, 0.15) is 44.0 Å². The van der Waals surface area contributed by atoms with Crippen LogP contribution in [0, 0.1) is 12.8 Å². The monoisotopic (exact) mass is 369 g/mol. The van der Waals surface area contributed by atoms with Gasteiger partial charge in [0.2, 0.25) is 5.91 Å². The number of hydrogen-bond donors (Lipinski definition) is 2. The summed E-state index contributed by atoms with van der Waals surface area (Å²) in [5.74, 6) is 0.677. The molecule has 2 fully saturated rings. The molecule has 4 rings (SSSR count). The van der Waals surface area contributed by atoms with Crippen molar-refractivity contribution in [3.63, 3.8) is 0 Å². The smallest absolute Gasteiger partial charge is 0.317 e. The third-order valence-corrected chi connectivity index (χ3v) is 6.05. The molecule has 1 saturated carbocycles. The Hall–Kier alpha value is -2.57. The number of primary amides is 1. The SMILES string of the molecule is Cc1nc2ccccc2n1C1CCN(C(=O)N[C@@H]2CC[C@H](C(N)=O)C2)CC1. The second-order valence-corrected chi connectivity index (χ2v) is 7.79. The van der Waals surface area contributed by atoms with Gasteiger partial charge >= 0.3 is 6.03 Å². The first kappa shape index (κ1) is 17.8. The lowest BCUT2D eigenvalue weighted by molar-refractivity contribution is -0.121. The van der Waals surface area contributed by atoms with E-state index in [1.807, 2.05) is 30.0 Å². The Kier molecular flexibility index (Phi) is 4.76. The summed E-state index contributed by atoms with van der Waals surface area (Å²) in [5, 5.41) is 3.08. The highest BCUT2D eigenvalue weighted by atomic mass is 16.2. The quantitative estimate of drug-likeness (QED) is 0.870. The van der Waals surface area contributed by atoms with Gasteiger partial charge in [-0.2, -0.15) is 0 Å². The van der Waals surface area contributed by atoms with Crippen LogP contribution in [0.3, 0.4) is 0 Å². The number of fused-ring (bicyclic) bond motifs is 1. The van der Waals surface area contributed by atoms with Crippen LogP contribution in [-0.2, 0) is 4.79 Å². The van der Waals surface area contributed by atoms with Crippen LogP contribution in [0.5, 0.6) is 0 Å². The van der Waals surface area contributed by atoms with Gasteiger partial charge in [-0.15, -0.1) is 0 Å². The van der Waals surface area contributed by atoms with Gasteiger partial charge in [-0.05, 0) is 51.2 Å². The average molecular weight is 369 g/mol. The minimum Gasteiger partial charge on any atom is -0.369 e. The predicted octanol–water partition coefficient (Wildman–Crippen LogP) is 2.35. The molecule has 0 radical (unpaired) electrons. The Morgan fingerprint density at radius 1 is 1.15 bits per heavy atom. The highest BCUT2D eigenvalue weighted by Gasteiger charge is 2.31. The van der Waals surface area contributed by atoms with E-state index in [0.717, 1.165) is 50.1 Å². The fourth-order valence-corrected chi connectivity index (χ4v) is 4.59. The lowest BCUT2D eigenvalue weighted by Crippen LogP contribution is -2.47. The van der Waals surface area contributed by atoms with Crippen LogP contribution in [0.4, 0.5) is 4.79 Å². The molecule has 2 heterocycles. The number of aryl methyl sites for hydroxylation is 1. The molecule has 1 saturated heterocycles. The van der Waals surface area contributed by atoms with Crippen LogP contribution < -0.4 is 11.1 Å². The number of carbonyl (C=O) groups excluding carboxylic acids is 2. The first-order valence-electron chi connectivity index (χ1n) is 9.81. The molecular weight excluding hydrogens is 342 g/mol. The van der Waals surface area contributed by atoms with Crippen LogP contribution >= 0.6 is 0 Å². The maximum absolute atomic E-state index is 12.6. The molecule has 1 aromatic carbocycles. The van der Waals surface area contributed by atoms with Crippen molar-refractivity contribution in [1.29, 1.82) is 0 Å². The van der Waals surface area contributed by atoms with Crippen LogP contribution in [0.25, 0.3) is 11.0 Å². The summed E-state index contributed by atoms with van der Waals surface area (Å²) in [6.07, 6.45) is 4.11. The summed E-state index contributed by atoms with van der Waals surface area (Å²) in [4.78, 5) is 30.4. The van der Waals surface area contributed by atoms with Crippen LogP contribution in [-0.4, -0.2) is 45.5 Å². The Balaban J connectivity index is 1.35. The number of rotatable bonds is 3. The van der Waals surface area contributed by atoms with Gasteiger partial charge in [0.05, 0.1) is 11.0 Å². The third kappa shape index (κ3) is 3.50. The van der Waals surface area contributed by atoms with Crippen LogP contribution in [0.2, 0.25) is 0 Å². The van der Waals surface area contributed by atoms with Crippen molar-refractivity contribution in [2.24, 2.45) is 11.7 Å². The van der Waals surface area contributed by atoms with Gasteiger partial charge in [0.15, 0.2) is 0 Å². The molecule has 0 spiro atoms. The molecule has 0 unspecified atom stereocenters. The lowest BCUT2D eigenvalue weighted by Gasteiger charge is -2.34. The zero-order chi connectivity index (χ0) is 19.0. The molecular formula is C20H27N5O2. The number of para-hydroxylation sites is 2. The zero-order valence-electron chi connectivity index (χ0n) is 15.7. The van der Waals surface area contributed by atoms with E-state index in [0.29, 0.717) is 12.5 Å². The molecule has 3 amide bonds. The molecule has 2 atom stereocenters. The Bertz CT molecular complexity index is 853. The summed E-state index contributed by atoms with van der Waals surface area (Å²) in [6, 6.07) is 8.63. The maximum Gasteiger partial charge on any atom is 0.317 e. The number of nitrogens with two attached hydrogens (primary N) is 1. The molecule has 1 aliphatic heterocycles. The molecule has 3 N–H and O–H groups in total. The topological polar surface area (TPSA) is 93.2 Å². The van der Waals surface area contributed by atoms with E-state index in [4.69, 9.17) is 5.73 Å². The largest absolute Gasteiger partial charge is 0.369 e. The highest BCUT2D eigenvalue weighted by Crippen LogP contribution is 2.29. The molecule has 7 nitrogen and oxygen atoms in total. The van der Waals surface area contributed by atoms with Crippen LogP contribution in [0.15, 0.2) is 24.3 Å². The van der Waals surface area contributed by atoms with E-state index < -0.39 is 0 Å². The second kappa shape index (κ2) is 7.21. The number of amides is 3. The molecule has 2 aromatic rings. The van der Waals surface area contributed by atoms with Crippen molar-refractivity contribution in [1.82, 2.24) is 19.8 Å². The Morgan fingerprint density at radius 3 is 2.59 bits per heavy atom. The highest BCUT2D eigenvalue weighted by molar-refractivity contribution is 5.78. The number of likely N-dealkylation sites (tertiary alicyclic amines) is 1. The van der Waals surface area contributed by atoms with E-state index in [9.17, 15) is 9.59 Å². The van der Waals surface area contributed by atoms with Gasteiger partial charge in [0, 0.05) is 31.1 Å². The van der Waals surface area contributed by atoms with Gasteiger partial charge in [0.1, 0.15) is 5.82 Å². The normalized spacial score (nSPS) is 23.7. The standard InChI is InChI=1S/C20H27N5O2/c1-13-22-17-4-2-3-5-18(17)25(13)16-8-10-24(11-9-16)20(27)23-15-7-6-14(12-15)19(21)26/h2-5,14-16H,6-12H2,1H3,(H2,21,26)(H,23,27)/t14-,15+/m0/s1. The van der Waals surface area contributed by atoms with E-state index in [-0.39, 0.29) is 23.9 Å². The summed E-state index contributed by atoms with van der Waals surface area (Å²) < 4.78 is 2.32. The third-order valence-electron chi connectivity index (χ3n) is 6.05. The van der Waals surface area contributed by atoms with E-state index in [1.165, 1.54) is 5.52 Å². The summed E-state index contributed by atoms with van der Waals surface area (Å²) in [7, 11) is 0. The van der Waals surface area contributed by atoms with Crippen molar-refractivity contribution in [3.8, 4) is 0 Å². The fourth-order valence-electron chi connectivity index (χ4n) is 4.59. The number of benzene rings is 1. The van der Waals surface area contributed by atoms with E-state index in [1.54, 1.807) is 0 Å². The average Bonchev–Trinajstić information content (AvgIpc) is 3.25. The molecule has 7 heteroatoms. The van der Waals surface area contributed by atoms with E-state index >= 15 is 0 Å². The molecule has 1 aliphatic carbocycles. The number of imidazole rings is 1. The first-order chi connectivity index (χ1) is 13.0. The lowest BCUT2D eigenvalue weighted by atomic mass is 10.0. The molecule has 27 heavy (non-hydrogen) atoms. The minimum absolute atomic E-state index is 0.0178. The second-order valence-electron chi connectivity index (χ2n) is 7.79. The Labute approximate surface area is 158 Å². The van der Waals surface area contributed by atoms with Crippen molar-refractivity contribution >= 4 is 23.0 Å². The van der Waals surface area contributed by atoms with Gasteiger partial charge in [-0.3, -0.25) is 4.79 Å². The Morgan fingerprint density at radius 2 is 1.89 bits per heavy atom. The first-order valence-corrected chi connectivity index (χ1v) is 9.81. The van der Waals surface area contributed by atoms with Crippen molar-refractivity contribution in [3.05, 3.63) is 30.1 Å². The molecule has 144 valence electrons. The number of nitrogens with zero attached hydrogens (tertiary/aromatic N) is 3. The summed E-state index contributed by atoms with van der Waals surface area (Å²) >= 11 is 0. The number of nitrogens with one attached hydrogen (secondary N) is 1. The molecule has 1 aromatic heterocycles. The van der Waals surface area contributed by atoms with Crippen molar-refractivity contribution < 1.29 is 9.59 Å². The van der Waals surface area contributed by atoms with Crippen molar-refractivity contribution in [2.75, 3.05) is 13.1 Å². The number of urea groups is 1. The summed E-state index contributed by atoms with van der Waals surface area (Å²) in [6.45, 7) is 3.51. The van der Waals surface area contributed by atoms with Gasteiger partial charge in [0.25, 0.3) is 0 Å². The van der Waals surface area contributed by atoms with Gasteiger partial charge < -0.3 is 20.5 Å². The zero-order valence-corrected chi connectivity index (χ0v) is 15.7. The predicted molar refractivity (Wildman–Crippen MR) is 103 cm³/mol. The van der Waals surface area contributed by atoms with E-state index in [2.05, 4.69) is 20.9 Å². The van der Waals surface area contributed by atoms with Gasteiger partial charge in [-0.25, -0.2) is 9.78 Å². The van der Waals surface area contributed by atoms with Crippen molar-refractivity contribution in [2.45, 2.75) is 51.1 Å². The molecule has 0 bridgehead atoms. The number of piperidine rings is 1. The molecule has 2 aliphatic rings. The maximum atomic E-state index is 12.6.